The number of para-hydroxylation sites is 1. The quantitative estimate of drug-likeness (QED) is 0.569. The molecule has 0 saturated heterocycles. The Morgan fingerprint density at radius 1 is 0.806 bits per heavy atom. The van der Waals surface area contributed by atoms with Gasteiger partial charge in [-0.1, -0.05) is 78.9 Å². The number of carbonyl (C=O) groups excluding carboxylic acids is 2. The predicted octanol–water partition coefficient (Wildman–Crippen LogP) is 4.64. The van der Waals surface area contributed by atoms with Crippen molar-refractivity contribution in [3.63, 3.8) is 0 Å². The van der Waals surface area contributed by atoms with Crippen molar-refractivity contribution in [2.24, 2.45) is 5.10 Å². The second kappa shape index (κ2) is 9.85. The van der Waals surface area contributed by atoms with Crippen LogP contribution in [-0.2, 0) is 16.1 Å². The van der Waals surface area contributed by atoms with Crippen molar-refractivity contribution in [1.29, 1.82) is 0 Å². The van der Waals surface area contributed by atoms with Crippen LogP contribution in [0.4, 0.5) is 5.69 Å². The summed E-state index contributed by atoms with van der Waals surface area (Å²) in [6.07, 6.45) is 1.02. The van der Waals surface area contributed by atoms with Gasteiger partial charge in [0, 0.05) is 24.9 Å². The molecule has 0 radical (unpaired) electrons. The average molecular weight is 412 g/mol. The van der Waals surface area contributed by atoms with Crippen molar-refractivity contribution in [3.8, 4) is 0 Å². The zero-order valence-corrected chi connectivity index (χ0v) is 17.4. The molecular formula is C26H25N3O2. The van der Waals surface area contributed by atoms with Gasteiger partial charge in [0.2, 0.25) is 11.8 Å². The van der Waals surface area contributed by atoms with Crippen molar-refractivity contribution in [2.75, 3.05) is 11.4 Å². The van der Waals surface area contributed by atoms with Gasteiger partial charge in [-0.2, -0.15) is 5.10 Å². The number of hydrogen-bond acceptors (Lipinski definition) is 3. The van der Waals surface area contributed by atoms with Crippen molar-refractivity contribution < 1.29 is 9.59 Å². The highest BCUT2D eigenvalue weighted by atomic mass is 16.2. The minimum Gasteiger partial charge on any atom is -0.308 e. The summed E-state index contributed by atoms with van der Waals surface area (Å²) in [5.41, 5.74) is 3.82. The molecule has 5 heteroatoms. The molecule has 5 nitrogen and oxygen atoms in total. The topological polar surface area (TPSA) is 53.0 Å². The van der Waals surface area contributed by atoms with Gasteiger partial charge in [-0.05, 0) is 23.3 Å². The van der Waals surface area contributed by atoms with E-state index in [0.717, 1.165) is 28.9 Å². The Bertz CT molecular complexity index is 1050. The van der Waals surface area contributed by atoms with Crippen molar-refractivity contribution >= 4 is 23.2 Å². The van der Waals surface area contributed by atoms with Gasteiger partial charge < -0.3 is 4.90 Å². The number of benzene rings is 3. The number of hydrogen-bond donors (Lipinski definition) is 0. The first kappa shape index (κ1) is 20.5. The number of anilines is 1. The van der Waals surface area contributed by atoms with Crippen molar-refractivity contribution in [2.45, 2.75) is 25.8 Å². The summed E-state index contributed by atoms with van der Waals surface area (Å²) >= 11 is 0. The van der Waals surface area contributed by atoms with Crippen LogP contribution in [0.2, 0.25) is 0 Å². The zero-order chi connectivity index (χ0) is 21.5. The van der Waals surface area contributed by atoms with Crippen LogP contribution in [0, 0.1) is 0 Å². The molecule has 1 aliphatic heterocycles. The molecule has 0 fully saturated rings. The fourth-order valence-electron chi connectivity index (χ4n) is 3.65. The van der Waals surface area contributed by atoms with Crippen LogP contribution in [0.5, 0.6) is 0 Å². The largest absolute Gasteiger partial charge is 0.308 e. The molecule has 2 amide bonds. The molecule has 0 aliphatic carbocycles. The number of carbonyl (C=O) groups is 2. The number of nitrogens with zero attached hydrogens (tertiary/aromatic N) is 3. The van der Waals surface area contributed by atoms with Gasteiger partial charge in [0.25, 0.3) is 0 Å². The summed E-state index contributed by atoms with van der Waals surface area (Å²) in [7, 11) is 0. The maximum atomic E-state index is 13.1. The first-order valence-electron chi connectivity index (χ1n) is 10.5. The molecule has 1 aliphatic rings. The minimum atomic E-state index is -0.119. The molecule has 1 heterocycles. The van der Waals surface area contributed by atoms with Crippen LogP contribution in [0.25, 0.3) is 0 Å². The molecule has 0 atom stereocenters. The maximum Gasteiger partial charge on any atom is 0.243 e. The lowest BCUT2D eigenvalue weighted by atomic mass is 10.1. The smallest absolute Gasteiger partial charge is 0.243 e. The summed E-state index contributed by atoms with van der Waals surface area (Å²) in [6, 6.07) is 29.3. The zero-order valence-electron chi connectivity index (χ0n) is 17.4. The van der Waals surface area contributed by atoms with Crippen molar-refractivity contribution in [3.05, 3.63) is 102 Å². The Morgan fingerprint density at radius 2 is 1.42 bits per heavy atom. The van der Waals surface area contributed by atoms with E-state index in [-0.39, 0.29) is 24.7 Å². The molecule has 3 aromatic carbocycles. The molecule has 4 rings (SSSR count). The molecular weight excluding hydrogens is 386 g/mol. The van der Waals surface area contributed by atoms with Crippen LogP contribution in [-0.4, -0.2) is 29.1 Å². The van der Waals surface area contributed by atoms with Gasteiger partial charge in [-0.25, -0.2) is 5.01 Å². The molecule has 3 aromatic rings. The highest BCUT2D eigenvalue weighted by Crippen LogP contribution is 2.20. The summed E-state index contributed by atoms with van der Waals surface area (Å²) in [4.78, 5) is 27.5. The van der Waals surface area contributed by atoms with Gasteiger partial charge >= 0.3 is 0 Å². The molecule has 0 saturated carbocycles. The van der Waals surface area contributed by atoms with Crippen LogP contribution in [0.15, 0.2) is 96.1 Å². The lowest BCUT2D eigenvalue weighted by Crippen LogP contribution is -2.32. The number of hydrazone groups is 1. The third kappa shape index (κ3) is 5.25. The Balaban J connectivity index is 1.41. The van der Waals surface area contributed by atoms with E-state index in [1.807, 2.05) is 91.0 Å². The van der Waals surface area contributed by atoms with E-state index in [4.69, 9.17) is 0 Å². The average Bonchev–Trinajstić information content (AvgIpc) is 3.33. The Kier molecular flexibility index (Phi) is 6.53. The monoisotopic (exact) mass is 411 g/mol. The normalized spacial score (nSPS) is 13.0. The van der Waals surface area contributed by atoms with Crippen LogP contribution in [0.3, 0.4) is 0 Å². The Hall–Kier alpha value is -3.73. The van der Waals surface area contributed by atoms with E-state index in [0.29, 0.717) is 13.1 Å². The van der Waals surface area contributed by atoms with E-state index in [9.17, 15) is 9.59 Å². The molecule has 0 spiro atoms. The lowest BCUT2D eigenvalue weighted by Gasteiger charge is -2.23. The third-order valence-electron chi connectivity index (χ3n) is 5.30. The van der Waals surface area contributed by atoms with Crippen LogP contribution >= 0.6 is 0 Å². The highest BCUT2D eigenvalue weighted by Gasteiger charge is 2.23. The molecule has 0 N–H and O–H groups in total. The SMILES string of the molecule is O=C(CCC(=O)N(Cc1ccccc1)c1ccccc1)N1CCC(c2ccccc2)=N1. The Morgan fingerprint density at radius 3 is 2.10 bits per heavy atom. The summed E-state index contributed by atoms with van der Waals surface area (Å²) in [6.45, 7) is 1.03. The standard InChI is InChI=1S/C26H25N3O2/c30-25(28(23-14-8-3-9-15-23)20-21-10-4-1-5-11-21)16-17-26(31)29-19-18-24(27-29)22-12-6-2-7-13-22/h1-15H,16-20H2. The minimum absolute atomic E-state index is 0.0742. The van der Waals surface area contributed by atoms with Gasteiger partial charge in [0.1, 0.15) is 0 Å². The third-order valence-corrected chi connectivity index (χ3v) is 5.30. The fourth-order valence-corrected chi connectivity index (χ4v) is 3.65. The van der Waals surface area contributed by atoms with Gasteiger partial charge in [0.15, 0.2) is 0 Å². The summed E-state index contributed by atoms with van der Waals surface area (Å²) in [5, 5.41) is 5.98. The number of amides is 2. The second-order valence-electron chi connectivity index (χ2n) is 7.48. The Labute approximate surface area is 182 Å². The molecule has 31 heavy (non-hydrogen) atoms. The van der Waals surface area contributed by atoms with Crippen molar-refractivity contribution in [1.82, 2.24) is 5.01 Å². The first-order chi connectivity index (χ1) is 15.2. The molecule has 156 valence electrons. The first-order valence-corrected chi connectivity index (χ1v) is 10.5. The molecule has 0 bridgehead atoms. The van der Waals surface area contributed by atoms with E-state index in [1.165, 1.54) is 5.01 Å². The number of rotatable bonds is 7. The second-order valence-corrected chi connectivity index (χ2v) is 7.48. The maximum absolute atomic E-state index is 13.1. The van der Waals surface area contributed by atoms with E-state index in [2.05, 4.69) is 5.10 Å². The van der Waals surface area contributed by atoms with E-state index in [1.54, 1.807) is 4.90 Å². The lowest BCUT2D eigenvalue weighted by molar-refractivity contribution is -0.132. The predicted molar refractivity (Wildman–Crippen MR) is 123 cm³/mol. The summed E-state index contributed by atoms with van der Waals surface area (Å²) in [5.74, 6) is -0.193. The van der Waals surface area contributed by atoms with E-state index >= 15 is 0 Å². The molecule has 0 aromatic heterocycles. The van der Waals surface area contributed by atoms with Gasteiger partial charge in [-0.3, -0.25) is 9.59 Å². The fraction of sp³-hybridized carbons (Fsp3) is 0.192. The van der Waals surface area contributed by atoms with Crippen LogP contribution in [0.1, 0.15) is 30.4 Å². The van der Waals surface area contributed by atoms with Gasteiger partial charge in [0.05, 0.1) is 18.8 Å². The van der Waals surface area contributed by atoms with E-state index < -0.39 is 0 Å². The van der Waals surface area contributed by atoms with Gasteiger partial charge in [-0.15, -0.1) is 0 Å². The summed E-state index contributed by atoms with van der Waals surface area (Å²) < 4.78 is 0. The highest BCUT2D eigenvalue weighted by molar-refractivity contribution is 6.03. The van der Waals surface area contributed by atoms with Crippen LogP contribution < -0.4 is 4.90 Å². The molecule has 0 unspecified atom stereocenters.